The lowest BCUT2D eigenvalue weighted by Gasteiger charge is -2.11. The molecule has 1 amide bonds. The van der Waals surface area contributed by atoms with Crippen LogP contribution in [0.25, 0.3) is 5.57 Å². The molecule has 1 aromatic carbocycles. The van der Waals surface area contributed by atoms with Crippen LogP contribution in [0.1, 0.15) is 5.56 Å². The van der Waals surface area contributed by atoms with Gasteiger partial charge in [0.2, 0.25) is 0 Å². The molecule has 0 atom stereocenters. The standard InChI is InChI=1S/C13H13NO5/c1-19-9-4-2-8(3-5-9)10-6-14(13(17)18)7-11(10)12(15)16/h2-5H,6-7H2,1H3,(H,15,16)(H,17,18). The third-order valence-electron chi connectivity index (χ3n) is 3.03. The predicted molar refractivity (Wildman–Crippen MR) is 67.1 cm³/mol. The smallest absolute Gasteiger partial charge is 0.407 e. The van der Waals surface area contributed by atoms with Crippen molar-refractivity contribution in [2.75, 3.05) is 20.2 Å². The Morgan fingerprint density at radius 1 is 1.16 bits per heavy atom. The lowest BCUT2D eigenvalue weighted by atomic mass is 10.0. The third kappa shape index (κ3) is 2.52. The van der Waals surface area contributed by atoms with Gasteiger partial charge in [-0.1, -0.05) is 12.1 Å². The number of nitrogens with zero attached hydrogens (tertiary/aromatic N) is 1. The summed E-state index contributed by atoms with van der Waals surface area (Å²) in [5.74, 6) is -0.427. The number of ether oxygens (including phenoxy) is 1. The molecule has 0 aliphatic carbocycles. The molecule has 6 heteroatoms. The lowest BCUT2D eigenvalue weighted by molar-refractivity contribution is -0.132. The van der Waals surface area contributed by atoms with Gasteiger partial charge in [-0.25, -0.2) is 9.59 Å². The van der Waals surface area contributed by atoms with E-state index in [0.29, 0.717) is 16.9 Å². The SMILES string of the molecule is COc1ccc(C2=C(C(=O)O)CN(C(=O)O)C2)cc1. The van der Waals surface area contributed by atoms with E-state index in [0.717, 1.165) is 4.90 Å². The second-order valence-electron chi connectivity index (χ2n) is 4.13. The van der Waals surface area contributed by atoms with Gasteiger partial charge in [0.05, 0.1) is 25.8 Å². The fourth-order valence-corrected chi connectivity index (χ4v) is 2.02. The molecule has 0 saturated carbocycles. The number of carboxylic acid groups (broad SMARTS) is 2. The van der Waals surface area contributed by atoms with Gasteiger partial charge >= 0.3 is 12.1 Å². The van der Waals surface area contributed by atoms with Crippen LogP contribution < -0.4 is 4.74 Å². The molecule has 6 nitrogen and oxygen atoms in total. The van der Waals surface area contributed by atoms with Gasteiger partial charge in [-0.15, -0.1) is 0 Å². The Kier molecular flexibility index (Phi) is 3.41. The van der Waals surface area contributed by atoms with Gasteiger partial charge in [0.1, 0.15) is 5.75 Å². The molecule has 100 valence electrons. The van der Waals surface area contributed by atoms with E-state index in [2.05, 4.69) is 0 Å². The van der Waals surface area contributed by atoms with E-state index < -0.39 is 12.1 Å². The van der Waals surface area contributed by atoms with Crippen LogP contribution in [0.15, 0.2) is 29.8 Å². The Labute approximate surface area is 109 Å². The van der Waals surface area contributed by atoms with Crippen LogP contribution in [0.3, 0.4) is 0 Å². The first kappa shape index (κ1) is 12.9. The van der Waals surface area contributed by atoms with Gasteiger partial charge < -0.3 is 14.9 Å². The summed E-state index contributed by atoms with van der Waals surface area (Å²) in [5.41, 5.74) is 1.34. The van der Waals surface area contributed by atoms with E-state index in [-0.39, 0.29) is 18.7 Å². The number of carbonyl (C=O) groups is 2. The number of carboxylic acids is 1. The first-order valence-electron chi connectivity index (χ1n) is 5.60. The minimum atomic E-state index is -1.12. The summed E-state index contributed by atoms with van der Waals surface area (Å²) >= 11 is 0. The average Bonchev–Trinajstić information content (AvgIpc) is 2.84. The van der Waals surface area contributed by atoms with Gasteiger partial charge in [-0.3, -0.25) is 4.90 Å². The van der Waals surface area contributed by atoms with E-state index in [1.807, 2.05) is 0 Å². The molecule has 0 aromatic heterocycles. The maximum absolute atomic E-state index is 11.2. The Morgan fingerprint density at radius 3 is 2.26 bits per heavy atom. The maximum Gasteiger partial charge on any atom is 0.407 e. The number of amides is 1. The Balaban J connectivity index is 2.35. The van der Waals surface area contributed by atoms with Gasteiger partial charge in [-0.2, -0.15) is 0 Å². The maximum atomic E-state index is 11.2. The number of rotatable bonds is 3. The van der Waals surface area contributed by atoms with E-state index in [1.54, 1.807) is 31.4 Å². The topological polar surface area (TPSA) is 87.1 Å². The zero-order valence-corrected chi connectivity index (χ0v) is 10.3. The van der Waals surface area contributed by atoms with Gasteiger partial charge in [0.15, 0.2) is 0 Å². The summed E-state index contributed by atoms with van der Waals surface area (Å²) in [6, 6.07) is 6.88. The molecule has 0 radical (unpaired) electrons. The molecule has 1 aliphatic heterocycles. The summed E-state index contributed by atoms with van der Waals surface area (Å²) in [5, 5.41) is 18.1. The van der Waals surface area contributed by atoms with Crippen LogP contribution in [0.5, 0.6) is 5.75 Å². The summed E-state index contributed by atoms with van der Waals surface area (Å²) in [6.07, 6.45) is -1.12. The second-order valence-corrected chi connectivity index (χ2v) is 4.13. The molecular weight excluding hydrogens is 250 g/mol. The number of hydrogen-bond acceptors (Lipinski definition) is 3. The van der Waals surface area contributed by atoms with Crippen molar-refractivity contribution in [1.29, 1.82) is 0 Å². The predicted octanol–water partition coefficient (Wildman–Crippen LogP) is 1.53. The quantitative estimate of drug-likeness (QED) is 0.863. The molecule has 0 unspecified atom stereocenters. The molecule has 1 aromatic rings. The van der Waals surface area contributed by atoms with Crippen molar-refractivity contribution in [3.05, 3.63) is 35.4 Å². The Hall–Kier alpha value is -2.50. The molecule has 1 aliphatic rings. The number of aliphatic carboxylic acids is 1. The van der Waals surface area contributed by atoms with Crippen molar-refractivity contribution in [2.24, 2.45) is 0 Å². The van der Waals surface area contributed by atoms with Crippen LogP contribution in [0.4, 0.5) is 4.79 Å². The number of hydrogen-bond donors (Lipinski definition) is 2. The summed E-state index contributed by atoms with van der Waals surface area (Å²) < 4.78 is 5.03. The highest BCUT2D eigenvalue weighted by Crippen LogP contribution is 2.28. The summed E-state index contributed by atoms with van der Waals surface area (Å²) in [7, 11) is 1.54. The fraction of sp³-hybridized carbons (Fsp3) is 0.231. The van der Waals surface area contributed by atoms with Crippen molar-refractivity contribution in [3.63, 3.8) is 0 Å². The number of methoxy groups -OCH3 is 1. The molecule has 1 heterocycles. The Bertz CT molecular complexity index is 547. The fourth-order valence-electron chi connectivity index (χ4n) is 2.02. The number of benzene rings is 1. The van der Waals surface area contributed by atoms with Crippen LogP contribution in [-0.2, 0) is 4.79 Å². The van der Waals surface area contributed by atoms with E-state index in [1.165, 1.54) is 0 Å². The van der Waals surface area contributed by atoms with Crippen molar-refractivity contribution in [3.8, 4) is 5.75 Å². The van der Waals surface area contributed by atoms with Crippen LogP contribution >= 0.6 is 0 Å². The normalized spacial score (nSPS) is 14.7. The third-order valence-corrected chi connectivity index (χ3v) is 3.03. The molecule has 0 saturated heterocycles. The van der Waals surface area contributed by atoms with Crippen molar-refractivity contribution < 1.29 is 24.5 Å². The minimum Gasteiger partial charge on any atom is -0.497 e. The average molecular weight is 263 g/mol. The highest BCUT2D eigenvalue weighted by molar-refractivity contribution is 6.00. The highest BCUT2D eigenvalue weighted by Gasteiger charge is 2.30. The first-order valence-corrected chi connectivity index (χ1v) is 5.60. The van der Waals surface area contributed by atoms with Crippen molar-refractivity contribution >= 4 is 17.6 Å². The van der Waals surface area contributed by atoms with Gasteiger partial charge in [0.25, 0.3) is 0 Å². The zero-order chi connectivity index (χ0) is 14.0. The monoisotopic (exact) mass is 263 g/mol. The summed E-state index contributed by atoms with van der Waals surface area (Å²) in [6.45, 7) is -0.00464. The minimum absolute atomic E-state index is 0.0866. The molecule has 2 rings (SSSR count). The lowest BCUT2D eigenvalue weighted by Crippen LogP contribution is -2.28. The van der Waals surface area contributed by atoms with Crippen molar-refractivity contribution in [1.82, 2.24) is 4.90 Å². The van der Waals surface area contributed by atoms with E-state index >= 15 is 0 Å². The van der Waals surface area contributed by atoms with Crippen LogP contribution in [0.2, 0.25) is 0 Å². The van der Waals surface area contributed by atoms with Crippen LogP contribution in [0, 0.1) is 0 Å². The molecular formula is C13H13NO5. The largest absolute Gasteiger partial charge is 0.497 e. The Morgan fingerprint density at radius 2 is 1.79 bits per heavy atom. The molecule has 19 heavy (non-hydrogen) atoms. The van der Waals surface area contributed by atoms with Gasteiger partial charge in [-0.05, 0) is 23.3 Å². The molecule has 0 spiro atoms. The van der Waals surface area contributed by atoms with Gasteiger partial charge in [0, 0.05) is 0 Å². The van der Waals surface area contributed by atoms with Crippen molar-refractivity contribution in [2.45, 2.75) is 0 Å². The van der Waals surface area contributed by atoms with Crippen LogP contribution in [-0.4, -0.2) is 47.4 Å². The highest BCUT2D eigenvalue weighted by atomic mass is 16.5. The molecule has 0 bridgehead atoms. The second kappa shape index (κ2) is 5.01. The van der Waals surface area contributed by atoms with E-state index in [4.69, 9.17) is 14.9 Å². The first-order chi connectivity index (χ1) is 9.02. The molecule has 0 fully saturated rings. The summed E-state index contributed by atoms with van der Waals surface area (Å²) in [4.78, 5) is 23.2. The zero-order valence-electron chi connectivity index (χ0n) is 10.3. The molecule has 2 N–H and O–H groups in total. The van der Waals surface area contributed by atoms with E-state index in [9.17, 15) is 9.59 Å².